The molecule has 0 spiro atoms. The van der Waals surface area contributed by atoms with E-state index in [-0.39, 0.29) is 0 Å². The number of hydrogen-bond donors (Lipinski definition) is 2. The molecule has 3 heterocycles. The molecule has 0 aliphatic rings. The Hall–Kier alpha value is -3.18. The molecule has 0 unspecified atom stereocenters. The first kappa shape index (κ1) is 15.1. The van der Waals surface area contributed by atoms with Crippen LogP contribution in [0, 0.1) is 0 Å². The quantitative estimate of drug-likeness (QED) is 0.450. The molecule has 0 amide bonds. The number of pyridine rings is 1. The second-order valence-corrected chi connectivity index (χ2v) is 7.22. The maximum Gasteiger partial charge on any atom is 0.110 e. The van der Waals surface area contributed by atoms with E-state index in [1.165, 1.54) is 20.3 Å². The Morgan fingerprint density at radius 2 is 1.85 bits per heavy atom. The molecule has 5 rings (SSSR count). The summed E-state index contributed by atoms with van der Waals surface area (Å²) < 4.78 is 2.50. The predicted molar refractivity (Wildman–Crippen MR) is 108 cm³/mol. The lowest BCUT2D eigenvalue weighted by Crippen LogP contribution is -1.99. The highest BCUT2D eigenvalue weighted by Crippen LogP contribution is 2.38. The van der Waals surface area contributed by atoms with E-state index in [0.29, 0.717) is 0 Å². The van der Waals surface area contributed by atoms with Crippen LogP contribution in [-0.2, 0) is 6.54 Å². The van der Waals surface area contributed by atoms with E-state index in [9.17, 15) is 0 Å². The van der Waals surface area contributed by atoms with Crippen molar-refractivity contribution in [3.63, 3.8) is 0 Å². The van der Waals surface area contributed by atoms with Gasteiger partial charge >= 0.3 is 0 Å². The Balaban J connectivity index is 1.43. The number of aromatic nitrogens is 3. The molecule has 126 valence electrons. The number of benzene rings is 2. The van der Waals surface area contributed by atoms with Crippen LogP contribution in [0.3, 0.4) is 0 Å². The topological polar surface area (TPSA) is 53.6 Å². The largest absolute Gasteiger partial charge is 0.380 e. The molecule has 0 radical (unpaired) electrons. The van der Waals surface area contributed by atoms with Gasteiger partial charge in [-0.1, -0.05) is 42.5 Å². The number of anilines is 1. The SMILES string of the molecule is c1cncc(NCc2ccc(-c3n[nH]c4c3sc3ccccc34)cc2)c1. The van der Waals surface area contributed by atoms with Crippen molar-refractivity contribution in [3.8, 4) is 11.3 Å². The number of nitrogens with zero attached hydrogens (tertiary/aromatic N) is 2. The van der Waals surface area contributed by atoms with E-state index in [2.05, 4.69) is 69.0 Å². The predicted octanol–water partition coefficient (Wildman–Crippen LogP) is 5.45. The number of H-pyrrole nitrogens is 1. The molecule has 0 saturated heterocycles. The number of hydrogen-bond acceptors (Lipinski definition) is 4. The third-order valence-corrected chi connectivity index (χ3v) is 5.65. The summed E-state index contributed by atoms with van der Waals surface area (Å²) in [5, 5.41) is 12.4. The minimum Gasteiger partial charge on any atom is -0.380 e. The smallest absolute Gasteiger partial charge is 0.110 e. The lowest BCUT2D eigenvalue weighted by Gasteiger charge is -2.06. The summed E-state index contributed by atoms with van der Waals surface area (Å²) in [7, 11) is 0. The number of fused-ring (bicyclic) bond motifs is 3. The molecule has 2 N–H and O–H groups in total. The van der Waals surface area contributed by atoms with Gasteiger partial charge in [0.1, 0.15) is 5.69 Å². The van der Waals surface area contributed by atoms with Crippen LogP contribution in [0.15, 0.2) is 73.1 Å². The van der Waals surface area contributed by atoms with Gasteiger partial charge in [-0.15, -0.1) is 11.3 Å². The van der Waals surface area contributed by atoms with Crippen LogP contribution >= 0.6 is 11.3 Å². The summed E-state index contributed by atoms with van der Waals surface area (Å²) in [6.07, 6.45) is 3.61. The second kappa shape index (κ2) is 6.28. The van der Waals surface area contributed by atoms with Crippen LogP contribution in [0.2, 0.25) is 0 Å². The summed E-state index contributed by atoms with van der Waals surface area (Å²) in [6.45, 7) is 0.769. The van der Waals surface area contributed by atoms with Crippen LogP contribution in [-0.4, -0.2) is 15.2 Å². The standard InChI is InChI=1S/C21H16N4S/c1-2-6-18-17(5-1)20-21(26-18)19(24-25-20)15-9-7-14(8-10-15)12-23-16-4-3-11-22-13-16/h1-11,13,23H,12H2,(H,24,25). The van der Waals surface area contributed by atoms with Crippen LogP contribution in [0.5, 0.6) is 0 Å². The normalized spacial score (nSPS) is 11.2. The Morgan fingerprint density at radius 3 is 2.69 bits per heavy atom. The van der Waals surface area contributed by atoms with Crippen molar-refractivity contribution < 1.29 is 0 Å². The first-order valence-electron chi connectivity index (χ1n) is 8.47. The fraction of sp³-hybridized carbons (Fsp3) is 0.0476. The molecule has 0 saturated carbocycles. The molecule has 4 nitrogen and oxygen atoms in total. The Kier molecular flexibility index (Phi) is 3.65. The van der Waals surface area contributed by atoms with Gasteiger partial charge in [-0.05, 0) is 23.8 Å². The summed E-state index contributed by atoms with van der Waals surface area (Å²) in [6, 6.07) is 21.0. The van der Waals surface area contributed by atoms with Crippen molar-refractivity contribution in [1.82, 2.24) is 15.2 Å². The van der Waals surface area contributed by atoms with E-state index < -0.39 is 0 Å². The van der Waals surface area contributed by atoms with Crippen LogP contribution < -0.4 is 5.32 Å². The molecule has 0 fully saturated rings. The van der Waals surface area contributed by atoms with Gasteiger partial charge in [-0.3, -0.25) is 10.1 Å². The first-order chi connectivity index (χ1) is 12.9. The molecule has 0 atom stereocenters. The van der Waals surface area contributed by atoms with Gasteiger partial charge in [0.05, 0.1) is 15.9 Å². The van der Waals surface area contributed by atoms with Crippen molar-refractivity contribution in [2.75, 3.05) is 5.32 Å². The van der Waals surface area contributed by atoms with Gasteiger partial charge < -0.3 is 5.32 Å². The van der Waals surface area contributed by atoms with Gasteiger partial charge in [-0.25, -0.2) is 0 Å². The molecule has 0 bridgehead atoms. The fourth-order valence-corrected chi connectivity index (χ4v) is 4.30. The maximum atomic E-state index is 4.56. The Labute approximate surface area is 154 Å². The van der Waals surface area contributed by atoms with Crippen LogP contribution in [0.25, 0.3) is 31.6 Å². The van der Waals surface area contributed by atoms with Gasteiger partial charge in [-0.2, -0.15) is 5.10 Å². The molecule has 5 aromatic rings. The van der Waals surface area contributed by atoms with E-state index in [4.69, 9.17) is 0 Å². The number of rotatable bonds is 4. The minimum atomic E-state index is 0.769. The summed E-state index contributed by atoms with van der Waals surface area (Å²) in [5.41, 5.74) is 5.53. The van der Waals surface area contributed by atoms with E-state index in [1.807, 2.05) is 18.3 Å². The third kappa shape index (κ3) is 2.62. The molecule has 3 aromatic heterocycles. The van der Waals surface area contributed by atoms with Crippen molar-refractivity contribution in [2.24, 2.45) is 0 Å². The van der Waals surface area contributed by atoms with Gasteiger partial charge in [0, 0.05) is 34.6 Å². The zero-order chi connectivity index (χ0) is 17.3. The first-order valence-corrected chi connectivity index (χ1v) is 9.29. The van der Waals surface area contributed by atoms with Gasteiger partial charge in [0.2, 0.25) is 0 Å². The summed E-state index contributed by atoms with van der Waals surface area (Å²) in [4.78, 5) is 4.12. The third-order valence-electron chi connectivity index (χ3n) is 4.48. The highest BCUT2D eigenvalue weighted by molar-refractivity contribution is 7.26. The molecule has 2 aromatic carbocycles. The highest BCUT2D eigenvalue weighted by Gasteiger charge is 2.13. The molecule has 26 heavy (non-hydrogen) atoms. The number of thiophene rings is 1. The zero-order valence-corrected chi connectivity index (χ0v) is 14.8. The lowest BCUT2D eigenvalue weighted by atomic mass is 10.1. The van der Waals surface area contributed by atoms with Crippen LogP contribution in [0.1, 0.15) is 5.56 Å². The molecule has 0 aliphatic carbocycles. The van der Waals surface area contributed by atoms with Crippen molar-refractivity contribution >= 4 is 37.3 Å². The highest BCUT2D eigenvalue weighted by atomic mass is 32.1. The van der Waals surface area contributed by atoms with E-state index >= 15 is 0 Å². The minimum absolute atomic E-state index is 0.769. The summed E-state index contributed by atoms with van der Waals surface area (Å²) >= 11 is 1.79. The second-order valence-electron chi connectivity index (χ2n) is 6.17. The molecule has 0 aliphatic heterocycles. The number of nitrogens with one attached hydrogen (secondary N) is 2. The molecular weight excluding hydrogens is 340 g/mol. The Bertz CT molecular complexity index is 1170. The van der Waals surface area contributed by atoms with Crippen molar-refractivity contribution in [1.29, 1.82) is 0 Å². The monoisotopic (exact) mass is 356 g/mol. The average molecular weight is 356 g/mol. The fourth-order valence-electron chi connectivity index (χ4n) is 3.13. The molecule has 5 heteroatoms. The lowest BCUT2D eigenvalue weighted by molar-refractivity contribution is 1.12. The van der Waals surface area contributed by atoms with Crippen molar-refractivity contribution in [2.45, 2.75) is 6.54 Å². The average Bonchev–Trinajstić information content (AvgIpc) is 3.27. The van der Waals surface area contributed by atoms with Crippen molar-refractivity contribution in [3.05, 3.63) is 78.6 Å². The number of aromatic amines is 1. The maximum absolute atomic E-state index is 4.56. The van der Waals surface area contributed by atoms with E-state index in [0.717, 1.165) is 29.0 Å². The van der Waals surface area contributed by atoms with Gasteiger partial charge in [0.25, 0.3) is 0 Å². The Morgan fingerprint density at radius 1 is 0.962 bits per heavy atom. The zero-order valence-electron chi connectivity index (χ0n) is 13.9. The molecular formula is C21H16N4S. The van der Waals surface area contributed by atoms with Gasteiger partial charge in [0.15, 0.2) is 0 Å². The summed E-state index contributed by atoms with van der Waals surface area (Å²) in [5.74, 6) is 0. The van der Waals surface area contributed by atoms with Crippen LogP contribution in [0.4, 0.5) is 5.69 Å². The van der Waals surface area contributed by atoms with E-state index in [1.54, 1.807) is 17.5 Å².